The third-order valence-corrected chi connectivity index (χ3v) is 6.20. The summed E-state index contributed by atoms with van der Waals surface area (Å²) in [6.07, 6.45) is -4.59. The van der Waals surface area contributed by atoms with E-state index in [0.29, 0.717) is 43.6 Å². The molecule has 0 atom stereocenters. The molecule has 2 heterocycles. The van der Waals surface area contributed by atoms with Gasteiger partial charge in [-0.2, -0.15) is 13.2 Å². The van der Waals surface area contributed by atoms with Crippen LogP contribution in [0.25, 0.3) is 0 Å². The summed E-state index contributed by atoms with van der Waals surface area (Å²) >= 11 is 11.1. The fraction of sp³-hybridized carbons (Fsp3) is 0.364. The lowest BCUT2D eigenvalue weighted by Crippen LogP contribution is -2.52. The maximum absolute atomic E-state index is 13.0. The molecule has 182 valence electrons. The van der Waals surface area contributed by atoms with E-state index in [1.807, 2.05) is 28.0 Å². The van der Waals surface area contributed by atoms with Crippen molar-refractivity contribution in [2.45, 2.75) is 12.7 Å². The van der Waals surface area contributed by atoms with Crippen molar-refractivity contribution in [2.24, 2.45) is 0 Å². The highest BCUT2D eigenvalue weighted by atomic mass is 35.5. The van der Waals surface area contributed by atoms with Gasteiger partial charge in [-0.3, -0.25) is 9.69 Å². The van der Waals surface area contributed by atoms with Crippen LogP contribution in [0.2, 0.25) is 5.02 Å². The molecule has 34 heavy (non-hydrogen) atoms. The van der Waals surface area contributed by atoms with Gasteiger partial charge < -0.3 is 25.0 Å². The molecule has 1 fully saturated rings. The minimum atomic E-state index is -4.59. The molecule has 12 heteroatoms. The SMILES string of the molecule is O=C(CN1CCN(C(=S)NCc2ccc3c(c2)OCO3)CC1)Nc1ccc(Cl)c(C(F)(F)F)c1. The lowest BCUT2D eigenvalue weighted by atomic mass is 10.2. The lowest BCUT2D eigenvalue weighted by Gasteiger charge is -2.35. The minimum absolute atomic E-state index is 0.0502. The van der Waals surface area contributed by atoms with Crippen molar-refractivity contribution in [3.8, 4) is 11.5 Å². The lowest BCUT2D eigenvalue weighted by molar-refractivity contribution is -0.137. The van der Waals surface area contributed by atoms with Crippen molar-refractivity contribution >= 4 is 40.5 Å². The number of benzene rings is 2. The summed E-state index contributed by atoms with van der Waals surface area (Å²) in [6, 6.07) is 9.02. The fourth-order valence-electron chi connectivity index (χ4n) is 3.67. The molecule has 2 aromatic carbocycles. The van der Waals surface area contributed by atoms with E-state index in [9.17, 15) is 18.0 Å². The van der Waals surface area contributed by atoms with E-state index in [4.69, 9.17) is 33.3 Å². The predicted octanol–water partition coefficient (Wildman–Crippen LogP) is 3.72. The van der Waals surface area contributed by atoms with Gasteiger partial charge in [0.25, 0.3) is 0 Å². The van der Waals surface area contributed by atoms with Crippen LogP contribution in [0, 0.1) is 0 Å². The number of fused-ring (bicyclic) bond motifs is 1. The standard InChI is InChI=1S/C22H22ClF3N4O3S/c23-17-3-2-15(10-16(17)22(24,25)26)28-20(31)12-29-5-7-30(8-6-29)21(34)27-11-14-1-4-18-19(9-14)33-13-32-18/h1-4,9-10H,5-8,11-13H2,(H,27,34)(H,28,31). The third-order valence-electron chi connectivity index (χ3n) is 5.46. The summed E-state index contributed by atoms with van der Waals surface area (Å²) in [7, 11) is 0. The quantitative estimate of drug-likeness (QED) is 0.590. The van der Waals surface area contributed by atoms with E-state index in [2.05, 4.69) is 10.6 Å². The molecule has 0 bridgehead atoms. The number of carbonyl (C=O) groups is 1. The second kappa shape index (κ2) is 10.2. The molecule has 0 saturated carbocycles. The molecule has 0 aliphatic carbocycles. The van der Waals surface area contributed by atoms with Gasteiger partial charge in [-0.05, 0) is 48.1 Å². The van der Waals surface area contributed by atoms with Crippen LogP contribution in [0.3, 0.4) is 0 Å². The van der Waals surface area contributed by atoms with Crippen LogP contribution in [0.1, 0.15) is 11.1 Å². The fourth-order valence-corrected chi connectivity index (χ4v) is 4.15. The number of anilines is 1. The Labute approximate surface area is 204 Å². The average Bonchev–Trinajstić information content (AvgIpc) is 3.26. The topological polar surface area (TPSA) is 66.1 Å². The Morgan fingerprint density at radius 3 is 2.53 bits per heavy atom. The maximum atomic E-state index is 13.0. The highest BCUT2D eigenvalue weighted by Gasteiger charge is 2.33. The van der Waals surface area contributed by atoms with Gasteiger partial charge in [-0.15, -0.1) is 0 Å². The average molecular weight is 515 g/mol. The van der Waals surface area contributed by atoms with Crippen LogP contribution in [-0.4, -0.2) is 60.3 Å². The summed E-state index contributed by atoms with van der Waals surface area (Å²) in [5.74, 6) is 1.04. The first kappa shape index (κ1) is 24.4. The summed E-state index contributed by atoms with van der Waals surface area (Å²) < 4.78 is 49.7. The Balaban J connectivity index is 1.21. The molecule has 2 aliphatic rings. The molecule has 2 aliphatic heterocycles. The molecule has 2 aromatic rings. The number of hydrogen-bond acceptors (Lipinski definition) is 5. The number of amides is 1. The van der Waals surface area contributed by atoms with Crippen LogP contribution < -0.4 is 20.1 Å². The number of ether oxygens (including phenoxy) is 2. The normalized spacial score (nSPS) is 15.8. The Kier molecular flexibility index (Phi) is 7.34. The van der Waals surface area contributed by atoms with Crippen LogP contribution in [-0.2, 0) is 17.5 Å². The number of rotatable bonds is 5. The van der Waals surface area contributed by atoms with E-state index in [0.717, 1.165) is 23.4 Å². The molecule has 4 rings (SSSR count). The molecular formula is C22H22ClF3N4O3S. The first-order chi connectivity index (χ1) is 16.2. The smallest absolute Gasteiger partial charge is 0.417 e. The molecule has 1 saturated heterocycles. The van der Waals surface area contributed by atoms with Crippen LogP contribution in [0.4, 0.5) is 18.9 Å². The van der Waals surface area contributed by atoms with Crippen molar-refractivity contribution in [3.63, 3.8) is 0 Å². The minimum Gasteiger partial charge on any atom is -0.454 e. The predicted molar refractivity (Wildman–Crippen MR) is 125 cm³/mol. The highest BCUT2D eigenvalue weighted by Crippen LogP contribution is 2.36. The number of piperazine rings is 1. The number of hydrogen-bond donors (Lipinski definition) is 2. The second-order valence-electron chi connectivity index (χ2n) is 7.85. The number of nitrogens with zero attached hydrogens (tertiary/aromatic N) is 2. The van der Waals surface area contributed by atoms with E-state index >= 15 is 0 Å². The van der Waals surface area contributed by atoms with Gasteiger partial charge in [0.1, 0.15) is 0 Å². The zero-order valence-corrected chi connectivity index (χ0v) is 19.5. The van der Waals surface area contributed by atoms with Gasteiger partial charge in [0.2, 0.25) is 12.7 Å². The Hall–Kier alpha value is -2.76. The van der Waals surface area contributed by atoms with Crippen molar-refractivity contribution in [2.75, 3.05) is 44.8 Å². The van der Waals surface area contributed by atoms with Gasteiger partial charge >= 0.3 is 6.18 Å². The van der Waals surface area contributed by atoms with Crippen molar-refractivity contribution < 1.29 is 27.4 Å². The van der Waals surface area contributed by atoms with Crippen molar-refractivity contribution in [3.05, 3.63) is 52.5 Å². The molecule has 2 N–H and O–H groups in total. The van der Waals surface area contributed by atoms with Crippen molar-refractivity contribution in [1.82, 2.24) is 15.1 Å². The molecule has 0 radical (unpaired) electrons. The summed E-state index contributed by atoms with van der Waals surface area (Å²) in [5, 5.41) is 5.94. The van der Waals surface area contributed by atoms with Crippen LogP contribution in [0.15, 0.2) is 36.4 Å². The van der Waals surface area contributed by atoms with Gasteiger partial charge in [0.05, 0.1) is 17.1 Å². The Bertz CT molecular complexity index is 1080. The number of halogens is 4. The largest absolute Gasteiger partial charge is 0.454 e. The molecule has 0 unspecified atom stereocenters. The van der Waals surface area contributed by atoms with Crippen LogP contribution >= 0.6 is 23.8 Å². The van der Waals surface area contributed by atoms with E-state index < -0.39 is 22.7 Å². The molecular weight excluding hydrogens is 493 g/mol. The number of nitrogens with one attached hydrogen (secondary N) is 2. The van der Waals surface area contributed by atoms with Gasteiger partial charge in [-0.25, -0.2) is 0 Å². The number of thiocarbonyl (C=S) groups is 1. The van der Waals surface area contributed by atoms with Gasteiger partial charge in [-0.1, -0.05) is 17.7 Å². The molecule has 7 nitrogen and oxygen atoms in total. The number of alkyl halides is 3. The second-order valence-corrected chi connectivity index (χ2v) is 8.64. The zero-order chi connectivity index (χ0) is 24.3. The number of carbonyl (C=O) groups excluding carboxylic acids is 1. The van der Waals surface area contributed by atoms with Crippen LogP contribution in [0.5, 0.6) is 11.5 Å². The monoisotopic (exact) mass is 514 g/mol. The maximum Gasteiger partial charge on any atom is 0.417 e. The third kappa shape index (κ3) is 6.02. The van der Waals surface area contributed by atoms with Gasteiger partial charge in [0.15, 0.2) is 16.6 Å². The molecule has 0 aromatic heterocycles. The molecule has 1 amide bonds. The van der Waals surface area contributed by atoms with E-state index in [1.54, 1.807) is 0 Å². The first-order valence-electron chi connectivity index (χ1n) is 10.5. The van der Waals surface area contributed by atoms with E-state index in [-0.39, 0.29) is 19.0 Å². The van der Waals surface area contributed by atoms with Gasteiger partial charge in [0, 0.05) is 38.4 Å². The van der Waals surface area contributed by atoms with Crippen molar-refractivity contribution in [1.29, 1.82) is 0 Å². The Morgan fingerprint density at radius 2 is 1.79 bits per heavy atom. The summed E-state index contributed by atoms with van der Waals surface area (Å²) in [5.41, 5.74) is 0.0781. The molecule has 0 spiro atoms. The first-order valence-corrected chi connectivity index (χ1v) is 11.3. The highest BCUT2D eigenvalue weighted by molar-refractivity contribution is 7.80. The summed E-state index contributed by atoms with van der Waals surface area (Å²) in [6.45, 7) is 3.26. The van der Waals surface area contributed by atoms with E-state index in [1.165, 1.54) is 6.07 Å². The Morgan fingerprint density at radius 1 is 1.06 bits per heavy atom. The zero-order valence-electron chi connectivity index (χ0n) is 18.0. The summed E-state index contributed by atoms with van der Waals surface area (Å²) in [4.78, 5) is 16.3.